The van der Waals surface area contributed by atoms with Crippen molar-refractivity contribution >= 4 is 11.9 Å². The van der Waals surface area contributed by atoms with Gasteiger partial charge in [-0.2, -0.15) is 0 Å². The first-order valence-electron chi connectivity index (χ1n) is 4.69. The van der Waals surface area contributed by atoms with Gasteiger partial charge in [0, 0.05) is 7.11 Å². The van der Waals surface area contributed by atoms with Crippen LogP contribution in [-0.2, 0) is 23.8 Å². The molecular weight excluding hydrogens is 200 g/mol. The van der Waals surface area contributed by atoms with Gasteiger partial charge in [0.2, 0.25) is 0 Å². The zero-order valence-corrected chi connectivity index (χ0v) is 9.66. The predicted octanol–water partition coefficient (Wildman–Crippen LogP) is 0.765. The Labute approximate surface area is 89.7 Å². The van der Waals surface area contributed by atoms with Crippen molar-refractivity contribution in [1.29, 1.82) is 0 Å². The van der Waals surface area contributed by atoms with Crippen molar-refractivity contribution in [1.82, 2.24) is 0 Å². The summed E-state index contributed by atoms with van der Waals surface area (Å²) in [5.74, 6) is -1.23. The highest BCUT2D eigenvalue weighted by atomic mass is 16.6. The van der Waals surface area contributed by atoms with E-state index in [9.17, 15) is 9.59 Å². The van der Waals surface area contributed by atoms with Gasteiger partial charge in [0.25, 0.3) is 0 Å². The molecule has 0 rings (SSSR count). The third-order valence-corrected chi connectivity index (χ3v) is 1.47. The maximum absolute atomic E-state index is 11.2. The highest BCUT2D eigenvalue weighted by Crippen LogP contribution is 2.14. The minimum absolute atomic E-state index is 0.231. The van der Waals surface area contributed by atoms with Gasteiger partial charge in [0.1, 0.15) is 6.61 Å². The first-order valence-corrected chi connectivity index (χ1v) is 4.69. The first-order chi connectivity index (χ1) is 6.88. The number of ether oxygens (including phenoxy) is 3. The van der Waals surface area contributed by atoms with E-state index in [1.54, 1.807) is 20.8 Å². The highest BCUT2D eigenvalue weighted by molar-refractivity contribution is 5.88. The Morgan fingerprint density at radius 3 is 2.20 bits per heavy atom. The number of hydrogen-bond acceptors (Lipinski definition) is 5. The zero-order chi connectivity index (χ0) is 11.9. The molecule has 0 radical (unpaired) electrons. The van der Waals surface area contributed by atoms with Gasteiger partial charge in [-0.1, -0.05) is 0 Å². The molecule has 0 spiro atoms. The van der Waals surface area contributed by atoms with Crippen LogP contribution >= 0.6 is 0 Å². The number of rotatable bonds is 5. The maximum atomic E-state index is 11.2. The molecule has 15 heavy (non-hydrogen) atoms. The lowest BCUT2D eigenvalue weighted by Crippen LogP contribution is -2.27. The van der Waals surface area contributed by atoms with Crippen LogP contribution in [0.15, 0.2) is 0 Å². The number of methoxy groups -OCH3 is 1. The second kappa shape index (κ2) is 6.53. The smallest absolute Gasteiger partial charge is 0.339 e. The average molecular weight is 218 g/mol. The Balaban J connectivity index is 3.71. The Hall–Kier alpha value is -0.940. The van der Waals surface area contributed by atoms with Gasteiger partial charge in [-0.25, -0.2) is 4.79 Å². The molecule has 0 bridgehead atoms. The van der Waals surface area contributed by atoms with Crippen LogP contribution in [0, 0.1) is 5.41 Å². The third-order valence-electron chi connectivity index (χ3n) is 1.47. The molecule has 0 fully saturated rings. The van der Waals surface area contributed by atoms with E-state index in [2.05, 4.69) is 4.74 Å². The fourth-order valence-electron chi connectivity index (χ4n) is 0.584. The SMILES string of the molecule is COCCOCC(=O)OC(=O)C(C)(C)C. The van der Waals surface area contributed by atoms with Crippen molar-refractivity contribution in [3.05, 3.63) is 0 Å². The van der Waals surface area contributed by atoms with Crippen molar-refractivity contribution in [2.75, 3.05) is 26.9 Å². The van der Waals surface area contributed by atoms with Crippen molar-refractivity contribution in [3.63, 3.8) is 0 Å². The van der Waals surface area contributed by atoms with E-state index in [1.807, 2.05) is 0 Å². The van der Waals surface area contributed by atoms with Gasteiger partial charge in [0.05, 0.1) is 18.6 Å². The number of hydrogen-bond donors (Lipinski definition) is 0. The Morgan fingerprint density at radius 2 is 1.73 bits per heavy atom. The van der Waals surface area contributed by atoms with E-state index in [-0.39, 0.29) is 6.61 Å². The lowest BCUT2D eigenvalue weighted by atomic mass is 9.97. The number of esters is 2. The molecular formula is C10H18O5. The molecule has 0 saturated carbocycles. The van der Waals surface area contributed by atoms with E-state index in [1.165, 1.54) is 7.11 Å². The predicted molar refractivity (Wildman–Crippen MR) is 53.2 cm³/mol. The first kappa shape index (κ1) is 14.1. The third kappa shape index (κ3) is 7.04. The van der Waals surface area contributed by atoms with Gasteiger partial charge >= 0.3 is 11.9 Å². The number of carbonyl (C=O) groups excluding carboxylic acids is 2. The van der Waals surface area contributed by atoms with Gasteiger partial charge in [-0.3, -0.25) is 4.79 Å². The quantitative estimate of drug-likeness (QED) is 0.387. The standard InChI is InChI=1S/C10H18O5/c1-10(2,3)9(12)15-8(11)7-14-6-5-13-4/h5-7H2,1-4H3. The van der Waals surface area contributed by atoms with Crippen molar-refractivity contribution < 1.29 is 23.8 Å². The van der Waals surface area contributed by atoms with Gasteiger partial charge in [0.15, 0.2) is 0 Å². The van der Waals surface area contributed by atoms with E-state index in [0.29, 0.717) is 13.2 Å². The van der Waals surface area contributed by atoms with Crippen LogP contribution in [0.3, 0.4) is 0 Å². The second-order valence-corrected chi connectivity index (χ2v) is 4.06. The van der Waals surface area contributed by atoms with Gasteiger partial charge in [-0.15, -0.1) is 0 Å². The van der Waals surface area contributed by atoms with Crippen LogP contribution in [0.5, 0.6) is 0 Å². The van der Waals surface area contributed by atoms with Crippen LogP contribution in [-0.4, -0.2) is 38.9 Å². The van der Waals surface area contributed by atoms with Crippen LogP contribution in [0.1, 0.15) is 20.8 Å². The molecule has 0 unspecified atom stereocenters. The van der Waals surface area contributed by atoms with Crippen molar-refractivity contribution in [3.8, 4) is 0 Å². The van der Waals surface area contributed by atoms with Crippen LogP contribution in [0.2, 0.25) is 0 Å². The lowest BCUT2D eigenvalue weighted by Gasteiger charge is -2.15. The summed E-state index contributed by atoms with van der Waals surface area (Å²) in [6, 6.07) is 0. The molecule has 0 aromatic heterocycles. The average Bonchev–Trinajstić information content (AvgIpc) is 2.11. The second-order valence-electron chi connectivity index (χ2n) is 4.06. The van der Waals surface area contributed by atoms with Crippen LogP contribution < -0.4 is 0 Å². The summed E-state index contributed by atoms with van der Waals surface area (Å²) in [7, 11) is 1.53. The van der Waals surface area contributed by atoms with Crippen molar-refractivity contribution in [2.24, 2.45) is 5.41 Å². The van der Waals surface area contributed by atoms with E-state index < -0.39 is 17.4 Å². The summed E-state index contributed by atoms with van der Waals surface area (Å²) >= 11 is 0. The fourth-order valence-corrected chi connectivity index (χ4v) is 0.584. The zero-order valence-electron chi connectivity index (χ0n) is 9.66. The molecule has 0 aromatic rings. The topological polar surface area (TPSA) is 61.8 Å². The lowest BCUT2D eigenvalue weighted by molar-refractivity contribution is -0.168. The van der Waals surface area contributed by atoms with Crippen molar-refractivity contribution in [2.45, 2.75) is 20.8 Å². The minimum Gasteiger partial charge on any atom is -0.391 e. The largest absolute Gasteiger partial charge is 0.391 e. The summed E-state index contributed by atoms with van der Waals surface area (Å²) in [6.07, 6.45) is 0. The van der Waals surface area contributed by atoms with E-state index in [0.717, 1.165) is 0 Å². The minimum atomic E-state index is -0.678. The molecule has 0 saturated heterocycles. The van der Waals surface area contributed by atoms with Crippen LogP contribution in [0.4, 0.5) is 0 Å². The van der Waals surface area contributed by atoms with E-state index >= 15 is 0 Å². The summed E-state index contributed by atoms with van der Waals surface area (Å²) in [6.45, 7) is 5.50. The molecule has 0 aliphatic heterocycles. The Kier molecular flexibility index (Phi) is 6.12. The molecule has 5 heteroatoms. The monoisotopic (exact) mass is 218 g/mol. The molecule has 0 heterocycles. The normalized spacial score (nSPS) is 11.2. The number of carbonyl (C=O) groups is 2. The molecule has 0 aliphatic carbocycles. The molecule has 0 atom stereocenters. The molecule has 5 nitrogen and oxygen atoms in total. The summed E-state index contributed by atoms with van der Waals surface area (Å²) in [4.78, 5) is 22.3. The van der Waals surface area contributed by atoms with E-state index in [4.69, 9.17) is 9.47 Å². The summed E-state index contributed by atoms with van der Waals surface area (Å²) in [5.41, 5.74) is -0.678. The van der Waals surface area contributed by atoms with Gasteiger partial charge < -0.3 is 14.2 Å². The highest BCUT2D eigenvalue weighted by Gasteiger charge is 2.25. The summed E-state index contributed by atoms with van der Waals surface area (Å²) < 4.78 is 14.2. The molecule has 0 N–H and O–H groups in total. The van der Waals surface area contributed by atoms with Crippen LogP contribution in [0.25, 0.3) is 0 Å². The maximum Gasteiger partial charge on any atom is 0.339 e. The Bertz CT molecular complexity index is 216. The Morgan fingerprint density at radius 1 is 1.13 bits per heavy atom. The molecule has 0 aliphatic rings. The molecule has 0 amide bonds. The molecule has 88 valence electrons. The molecule has 0 aromatic carbocycles. The van der Waals surface area contributed by atoms with Gasteiger partial charge in [-0.05, 0) is 20.8 Å². The fraction of sp³-hybridized carbons (Fsp3) is 0.800. The summed E-state index contributed by atoms with van der Waals surface area (Å²) in [5, 5.41) is 0.